The van der Waals surface area contributed by atoms with Crippen LogP contribution in [0.25, 0.3) is 0 Å². The Kier molecular flexibility index (Phi) is 2.57. The van der Waals surface area contributed by atoms with E-state index in [4.69, 9.17) is 0 Å². The van der Waals surface area contributed by atoms with Crippen molar-refractivity contribution in [3.05, 3.63) is 29.1 Å². The average molecular weight is 204 g/mol. The molecule has 1 aromatic heterocycles. The topological polar surface area (TPSA) is 33.2 Å². The third-order valence-corrected chi connectivity index (χ3v) is 3.04. The highest BCUT2D eigenvalue weighted by Crippen LogP contribution is 2.29. The minimum atomic E-state index is -0.0712. The van der Waals surface area contributed by atoms with Crippen LogP contribution < -0.4 is 0 Å². The lowest BCUT2D eigenvalue weighted by molar-refractivity contribution is -0.119. The smallest absolute Gasteiger partial charge is 0.155 e. The fraction of sp³-hybridized carbons (Fsp3) is 0.500. The summed E-state index contributed by atoms with van der Waals surface area (Å²) in [6, 6.07) is 1.97. The second kappa shape index (κ2) is 3.74. The number of likely N-dealkylation sites (N-methyl/N-ethyl adjacent to an activating group) is 1. The van der Waals surface area contributed by atoms with E-state index >= 15 is 0 Å². The molecule has 0 radical (unpaired) electrons. The van der Waals surface area contributed by atoms with Crippen molar-refractivity contribution < 1.29 is 4.79 Å². The summed E-state index contributed by atoms with van der Waals surface area (Å²) in [5.74, 6) is 0.311. The Balaban J connectivity index is 2.40. The van der Waals surface area contributed by atoms with Crippen LogP contribution in [0.4, 0.5) is 0 Å². The van der Waals surface area contributed by atoms with E-state index in [1.54, 1.807) is 0 Å². The van der Waals surface area contributed by atoms with E-state index in [0.717, 1.165) is 23.4 Å². The number of hydrogen-bond acceptors (Lipinski definition) is 3. The summed E-state index contributed by atoms with van der Waals surface area (Å²) >= 11 is 0. The molecule has 0 bridgehead atoms. The largest absolute Gasteiger partial charge is 0.297 e. The highest BCUT2D eigenvalue weighted by Gasteiger charge is 2.31. The molecule has 3 nitrogen and oxygen atoms in total. The molecule has 15 heavy (non-hydrogen) atoms. The van der Waals surface area contributed by atoms with Crippen LogP contribution in [0.15, 0.2) is 12.3 Å². The average Bonchev–Trinajstić information content (AvgIpc) is 2.48. The van der Waals surface area contributed by atoms with Crippen molar-refractivity contribution in [3.63, 3.8) is 0 Å². The number of Topliss-reactive ketones (excluding diaryl/α,β-unsaturated/α-hetero) is 1. The molecule has 0 spiro atoms. The Morgan fingerprint density at radius 3 is 2.73 bits per heavy atom. The molecule has 1 aliphatic heterocycles. The first-order chi connectivity index (χ1) is 7.09. The van der Waals surface area contributed by atoms with Gasteiger partial charge < -0.3 is 0 Å². The van der Waals surface area contributed by atoms with Gasteiger partial charge in [-0.05, 0) is 38.1 Å². The van der Waals surface area contributed by atoms with Gasteiger partial charge in [0.1, 0.15) is 0 Å². The van der Waals surface area contributed by atoms with Crippen molar-refractivity contribution in [2.24, 2.45) is 0 Å². The highest BCUT2D eigenvalue weighted by atomic mass is 16.1. The number of hydrogen-bond donors (Lipinski definition) is 0. The van der Waals surface area contributed by atoms with Crippen LogP contribution in [0.2, 0.25) is 0 Å². The van der Waals surface area contributed by atoms with E-state index in [0.29, 0.717) is 12.2 Å². The van der Waals surface area contributed by atoms with E-state index in [2.05, 4.69) is 9.88 Å². The van der Waals surface area contributed by atoms with Gasteiger partial charge in [-0.1, -0.05) is 0 Å². The summed E-state index contributed by atoms with van der Waals surface area (Å²) in [4.78, 5) is 18.1. The minimum absolute atomic E-state index is 0.0712. The van der Waals surface area contributed by atoms with Gasteiger partial charge in [0.05, 0.1) is 6.04 Å². The van der Waals surface area contributed by atoms with Gasteiger partial charge >= 0.3 is 0 Å². The van der Waals surface area contributed by atoms with Crippen molar-refractivity contribution in [2.45, 2.75) is 26.3 Å². The van der Waals surface area contributed by atoms with E-state index in [-0.39, 0.29) is 6.04 Å². The summed E-state index contributed by atoms with van der Waals surface area (Å²) in [6.07, 6.45) is 2.50. The number of rotatable bonds is 1. The van der Waals surface area contributed by atoms with Crippen molar-refractivity contribution in [2.75, 3.05) is 13.6 Å². The van der Waals surface area contributed by atoms with Gasteiger partial charge in [0.15, 0.2) is 5.78 Å². The van der Waals surface area contributed by atoms with Crippen molar-refractivity contribution >= 4 is 5.78 Å². The molecule has 0 saturated carbocycles. The van der Waals surface area contributed by atoms with E-state index in [1.165, 1.54) is 0 Å². The Hall–Kier alpha value is -1.22. The number of aryl methyl sites for hydroxylation is 2. The van der Waals surface area contributed by atoms with Gasteiger partial charge in [-0.25, -0.2) is 0 Å². The maximum Gasteiger partial charge on any atom is 0.155 e. The fourth-order valence-electron chi connectivity index (χ4n) is 2.20. The van der Waals surface area contributed by atoms with Crippen LogP contribution in [0.1, 0.15) is 29.3 Å². The number of aromatic nitrogens is 1. The second-order valence-corrected chi connectivity index (χ2v) is 4.28. The second-order valence-electron chi connectivity index (χ2n) is 4.28. The highest BCUT2D eigenvalue weighted by molar-refractivity contribution is 5.87. The molecule has 0 N–H and O–H groups in total. The summed E-state index contributed by atoms with van der Waals surface area (Å²) in [6.45, 7) is 4.87. The maximum absolute atomic E-state index is 11.8. The molecule has 0 amide bonds. The van der Waals surface area contributed by atoms with E-state index in [9.17, 15) is 4.79 Å². The SMILES string of the molecule is Cc1cc(C)c(C2C(=O)CCN2C)cn1. The molecule has 1 aromatic rings. The normalized spacial score (nSPS) is 22.3. The van der Waals surface area contributed by atoms with Crippen molar-refractivity contribution in [1.29, 1.82) is 0 Å². The number of nitrogens with zero attached hydrogens (tertiary/aromatic N) is 2. The van der Waals surface area contributed by atoms with Gasteiger partial charge in [0.25, 0.3) is 0 Å². The van der Waals surface area contributed by atoms with Crippen molar-refractivity contribution in [3.8, 4) is 0 Å². The monoisotopic (exact) mass is 204 g/mol. The molecule has 1 fully saturated rings. The molecule has 1 saturated heterocycles. The lowest BCUT2D eigenvalue weighted by Crippen LogP contribution is -2.22. The standard InChI is InChI=1S/C12H16N2O/c1-8-6-9(2)13-7-10(8)12-11(15)4-5-14(12)3/h6-7,12H,4-5H2,1-3H3. The lowest BCUT2D eigenvalue weighted by atomic mass is 10.0. The quantitative estimate of drug-likeness (QED) is 0.697. The van der Waals surface area contributed by atoms with Crippen LogP contribution >= 0.6 is 0 Å². The number of carbonyl (C=O) groups excluding carboxylic acids is 1. The van der Waals surface area contributed by atoms with Crippen LogP contribution in [-0.2, 0) is 4.79 Å². The predicted molar refractivity (Wildman–Crippen MR) is 58.7 cm³/mol. The molecule has 1 aliphatic rings. The zero-order valence-electron chi connectivity index (χ0n) is 9.45. The Morgan fingerprint density at radius 2 is 2.20 bits per heavy atom. The Morgan fingerprint density at radius 1 is 1.47 bits per heavy atom. The van der Waals surface area contributed by atoms with Crippen LogP contribution in [0.5, 0.6) is 0 Å². The summed E-state index contributed by atoms with van der Waals surface area (Å²) in [7, 11) is 1.99. The summed E-state index contributed by atoms with van der Waals surface area (Å²) in [5.41, 5.74) is 3.23. The number of ketones is 1. The van der Waals surface area contributed by atoms with Crippen LogP contribution in [0.3, 0.4) is 0 Å². The molecule has 2 heterocycles. The van der Waals surface area contributed by atoms with Gasteiger partial charge in [-0.3, -0.25) is 14.7 Å². The van der Waals surface area contributed by atoms with Gasteiger partial charge in [0.2, 0.25) is 0 Å². The van der Waals surface area contributed by atoms with E-state index in [1.807, 2.05) is 33.2 Å². The molecule has 0 aliphatic carbocycles. The number of likely N-dealkylation sites (tertiary alicyclic amines) is 1. The molecule has 2 rings (SSSR count). The summed E-state index contributed by atoms with van der Waals surface area (Å²) < 4.78 is 0. The number of carbonyl (C=O) groups is 1. The predicted octanol–water partition coefficient (Wildman–Crippen LogP) is 1.64. The van der Waals surface area contributed by atoms with E-state index < -0.39 is 0 Å². The van der Waals surface area contributed by atoms with Crippen molar-refractivity contribution in [1.82, 2.24) is 9.88 Å². The molecule has 3 heteroatoms. The first kappa shape index (κ1) is 10.3. The van der Waals surface area contributed by atoms with Crippen LogP contribution in [-0.4, -0.2) is 29.3 Å². The molecule has 0 aromatic carbocycles. The van der Waals surface area contributed by atoms with Crippen LogP contribution in [0, 0.1) is 13.8 Å². The first-order valence-electron chi connectivity index (χ1n) is 5.25. The molecule has 1 atom stereocenters. The molecular weight excluding hydrogens is 188 g/mol. The fourth-order valence-corrected chi connectivity index (χ4v) is 2.20. The zero-order valence-corrected chi connectivity index (χ0v) is 9.45. The third-order valence-electron chi connectivity index (χ3n) is 3.04. The molecule has 80 valence electrons. The minimum Gasteiger partial charge on any atom is -0.297 e. The number of pyridine rings is 1. The zero-order chi connectivity index (χ0) is 11.0. The third kappa shape index (κ3) is 1.79. The Labute approximate surface area is 90.1 Å². The lowest BCUT2D eigenvalue weighted by Gasteiger charge is -2.19. The maximum atomic E-state index is 11.8. The first-order valence-corrected chi connectivity index (χ1v) is 5.25. The Bertz CT molecular complexity index is 401. The van der Waals surface area contributed by atoms with Gasteiger partial charge in [-0.2, -0.15) is 0 Å². The van der Waals surface area contributed by atoms with Gasteiger partial charge in [-0.15, -0.1) is 0 Å². The molecular formula is C12H16N2O. The summed E-state index contributed by atoms with van der Waals surface area (Å²) in [5, 5.41) is 0. The van der Waals surface area contributed by atoms with Gasteiger partial charge in [0, 0.05) is 24.9 Å². The molecule has 1 unspecified atom stereocenters.